The van der Waals surface area contributed by atoms with Gasteiger partial charge in [-0.15, -0.1) is 11.3 Å². The third-order valence-corrected chi connectivity index (χ3v) is 4.98. The summed E-state index contributed by atoms with van der Waals surface area (Å²) in [5, 5.41) is 7.13. The minimum atomic E-state index is 0.634. The summed E-state index contributed by atoms with van der Waals surface area (Å²) in [5.74, 6) is 0.941. The van der Waals surface area contributed by atoms with Crippen LogP contribution < -0.4 is 5.32 Å². The van der Waals surface area contributed by atoms with E-state index in [-0.39, 0.29) is 0 Å². The standard InChI is InChI=1S/C16H28N2S/c1-2-9-17-15(13-16-18-10-11-19-16)12-14-7-5-3-4-6-8-14/h10-11,14-15,17H,2-9,12-13H2,1H3. The van der Waals surface area contributed by atoms with Crippen LogP contribution in [0.1, 0.15) is 63.3 Å². The first-order valence-corrected chi connectivity index (χ1v) is 8.88. The van der Waals surface area contributed by atoms with Gasteiger partial charge in [0.25, 0.3) is 0 Å². The van der Waals surface area contributed by atoms with Crippen molar-refractivity contribution in [3.8, 4) is 0 Å². The second-order valence-corrected chi connectivity index (χ2v) is 6.85. The van der Waals surface area contributed by atoms with Gasteiger partial charge in [0.05, 0.1) is 5.01 Å². The van der Waals surface area contributed by atoms with Crippen LogP contribution in [0.15, 0.2) is 11.6 Å². The summed E-state index contributed by atoms with van der Waals surface area (Å²) < 4.78 is 0. The first kappa shape index (κ1) is 15.0. The van der Waals surface area contributed by atoms with Crippen molar-refractivity contribution in [1.29, 1.82) is 0 Å². The molecule has 0 amide bonds. The molecule has 0 spiro atoms. The van der Waals surface area contributed by atoms with Crippen molar-refractivity contribution in [3.63, 3.8) is 0 Å². The summed E-state index contributed by atoms with van der Waals surface area (Å²) in [6.07, 6.45) is 14.3. The van der Waals surface area contributed by atoms with Gasteiger partial charge in [0.15, 0.2) is 0 Å². The Bertz CT molecular complexity index is 315. The van der Waals surface area contributed by atoms with Crippen LogP contribution in [0.25, 0.3) is 0 Å². The molecule has 1 aliphatic rings. The van der Waals surface area contributed by atoms with Gasteiger partial charge < -0.3 is 5.32 Å². The number of nitrogens with zero attached hydrogens (tertiary/aromatic N) is 1. The van der Waals surface area contributed by atoms with Gasteiger partial charge in [0, 0.05) is 24.0 Å². The maximum Gasteiger partial charge on any atom is 0.0940 e. The van der Waals surface area contributed by atoms with E-state index in [0.29, 0.717) is 6.04 Å². The van der Waals surface area contributed by atoms with E-state index in [1.807, 2.05) is 6.20 Å². The molecule has 1 heterocycles. The van der Waals surface area contributed by atoms with Crippen molar-refractivity contribution >= 4 is 11.3 Å². The number of hydrogen-bond acceptors (Lipinski definition) is 3. The molecule has 1 fully saturated rings. The average Bonchev–Trinajstić information content (AvgIpc) is 2.79. The maximum atomic E-state index is 4.45. The molecule has 0 aromatic carbocycles. The van der Waals surface area contributed by atoms with Gasteiger partial charge in [0.2, 0.25) is 0 Å². The lowest BCUT2D eigenvalue weighted by molar-refractivity contribution is 0.349. The second-order valence-electron chi connectivity index (χ2n) is 5.87. The molecule has 108 valence electrons. The molecule has 3 heteroatoms. The normalized spacial score (nSPS) is 19.2. The van der Waals surface area contributed by atoms with E-state index in [4.69, 9.17) is 0 Å². The van der Waals surface area contributed by atoms with E-state index in [1.165, 1.54) is 56.4 Å². The van der Waals surface area contributed by atoms with Crippen molar-refractivity contribution in [1.82, 2.24) is 10.3 Å². The minimum Gasteiger partial charge on any atom is -0.314 e. The molecule has 1 unspecified atom stereocenters. The Morgan fingerprint density at radius 1 is 1.32 bits per heavy atom. The highest BCUT2D eigenvalue weighted by Gasteiger charge is 2.18. The highest BCUT2D eigenvalue weighted by atomic mass is 32.1. The van der Waals surface area contributed by atoms with Gasteiger partial charge in [-0.1, -0.05) is 45.4 Å². The van der Waals surface area contributed by atoms with Crippen molar-refractivity contribution in [2.24, 2.45) is 5.92 Å². The molecule has 2 rings (SSSR count). The predicted molar refractivity (Wildman–Crippen MR) is 83.7 cm³/mol. The Hall–Kier alpha value is -0.410. The summed E-state index contributed by atoms with van der Waals surface area (Å²) in [5.41, 5.74) is 0. The lowest BCUT2D eigenvalue weighted by atomic mass is 9.91. The van der Waals surface area contributed by atoms with Crippen LogP contribution in [0.5, 0.6) is 0 Å². The molecule has 0 radical (unpaired) electrons. The van der Waals surface area contributed by atoms with Crippen LogP contribution >= 0.6 is 11.3 Å². The van der Waals surface area contributed by atoms with Gasteiger partial charge in [-0.2, -0.15) is 0 Å². The zero-order valence-electron chi connectivity index (χ0n) is 12.2. The zero-order valence-corrected chi connectivity index (χ0v) is 13.1. The molecule has 2 nitrogen and oxygen atoms in total. The van der Waals surface area contributed by atoms with Gasteiger partial charge in [-0.25, -0.2) is 4.98 Å². The van der Waals surface area contributed by atoms with Crippen LogP contribution in [0, 0.1) is 5.92 Å². The Kier molecular flexibility index (Phi) is 6.86. The molecule has 1 N–H and O–H groups in total. The van der Waals surface area contributed by atoms with E-state index in [2.05, 4.69) is 22.6 Å². The molecule has 0 bridgehead atoms. The molecule has 1 aromatic heterocycles. The SMILES string of the molecule is CCCNC(Cc1nccs1)CC1CCCCCC1. The topological polar surface area (TPSA) is 24.9 Å². The number of hydrogen-bond donors (Lipinski definition) is 1. The molecule has 0 saturated heterocycles. The first-order chi connectivity index (χ1) is 9.38. The molecular weight excluding hydrogens is 252 g/mol. The monoisotopic (exact) mass is 280 g/mol. The minimum absolute atomic E-state index is 0.634. The molecule has 1 atom stereocenters. The van der Waals surface area contributed by atoms with Crippen molar-refractivity contribution in [2.45, 2.75) is 70.8 Å². The van der Waals surface area contributed by atoms with Crippen LogP contribution in [-0.2, 0) is 6.42 Å². The zero-order chi connectivity index (χ0) is 13.3. The maximum absolute atomic E-state index is 4.45. The number of aromatic nitrogens is 1. The fourth-order valence-electron chi connectivity index (χ4n) is 3.15. The average molecular weight is 280 g/mol. The molecular formula is C16H28N2S. The molecule has 1 aliphatic carbocycles. The van der Waals surface area contributed by atoms with E-state index in [9.17, 15) is 0 Å². The van der Waals surface area contributed by atoms with Crippen LogP contribution in [0.3, 0.4) is 0 Å². The van der Waals surface area contributed by atoms with E-state index >= 15 is 0 Å². The third kappa shape index (κ3) is 5.62. The highest BCUT2D eigenvalue weighted by molar-refractivity contribution is 7.09. The fourth-order valence-corrected chi connectivity index (χ4v) is 3.85. The second kappa shape index (κ2) is 8.70. The van der Waals surface area contributed by atoms with Crippen LogP contribution in [-0.4, -0.2) is 17.6 Å². The summed E-state index contributed by atoms with van der Waals surface area (Å²) in [6, 6.07) is 0.634. The van der Waals surface area contributed by atoms with Crippen molar-refractivity contribution in [2.75, 3.05) is 6.54 Å². The predicted octanol–water partition coefficient (Wildman–Crippen LogP) is 4.41. The summed E-state index contributed by atoms with van der Waals surface area (Å²) in [7, 11) is 0. The molecule has 0 aliphatic heterocycles. The van der Waals surface area contributed by atoms with E-state index < -0.39 is 0 Å². The van der Waals surface area contributed by atoms with Gasteiger partial charge >= 0.3 is 0 Å². The van der Waals surface area contributed by atoms with Crippen molar-refractivity contribution in [3.05, 3.63) is 16.6 Å². The number of thiazole rings is 1. The third-order valence-electron chi connectivity index (χ3n) is 4.18. The summed E-state index contributed by atoms with van der Waals surface area (Å²) in [4.78, 5) is 4.45. The molecule has 1 saturated carbocycles. The Balaban J connectivity index is 1.84. The highest BCUT2D eigenvalue weighted by Crippen LogP contribution is 2.27. The molecule has 1 aromatic rings. The largest absolute Gasteiger partial charge is 0.314 e. The molecule has 19 heavy (non-hydrogen) atoms. The van der Waals surface area contributed by atoms with Gasteiger partial charge in [0.1, 0.15) is 0 Å². The fraction of sp³-hybridized carbons (Fsp3) is 0.812. The first-order valence-electron chi connectivity index (χ1n) is 8.00. The van der Waals surface area contributed by atoms with E-state index in [1.54, 1.807) is 11.3 Å². The quantitative estimate of drug-likeness (QED) is 0.748. The number of nitrogens with one attached hydrogen (secondary N) is 1. The number of rotatable bonds is 7. The van der Waals surface area contributed by atoms with Crippen LogP contribution in [0.2, 0.25) is 0 Å². The smallest absolute Gasteiger partial charge is 0.0940 e. The van der Waals surface area contributed by atoms with Gasteiger partial charge in [-0.05, 0) is 25.3 Å². The summed E-state index contributed by atoms with van der Waals surface area (Å²) >= 11 is 1.80. The van der Waals surface area contributed by atoms with Gasteiger partial charge in [-0.3, -0.25) is 0 Å². The Labute approximate surface area is 122 Å². The van der Waals surface area contributed by atoms with E-state index in [0.717, 1.165) is 18.9 Å². The lowest BCUT2D eigenvalue weighted by Crippen LogP contribution is -2.33. The lowest BCUT2D eigenvalue weighted by Gasteiger charge is -2.23. The Morgan fingerprint density at radius 3 is 2.74 bits per heavy atom. The summed E-state index contributed by atoms with van der Waals surface area (Å²) in [6.45, 7) is 3.39. The van der Waals surface area contributed by atoms with Crippen molar-refractivity contribution < 1.29 is 0 Å². The Morgan fingerprint density at radius 2 is 2.11 bits per heavy atom. The van der Waals surface area contributed by atoms with Crippen LogP contribution in [0.4, 0.5) is 0 Å².